The normalized spacial score (nSPS) is 10.8. The van der Waals surface area contributed by atoms with E-state index < -0.39 is 5.97 Å². The molecule has 0 amide bonds. The number of carboxylic acids is 1. The predicted octanol–water partition coefficient (Wildman–Crippen LogP) is 4.41. The van der Waals surface area contributed by atoms with Gasteiger partial charge in [0.25, 0.3) is 0 Å². The number of hydrogen-bond acceptors (Lipinski definition) is 3. The first-order valence-corrected chi connectivity index (χ1v) is 7.19. The number of hydrogen-bond donors (Lipinski definition) is 1. The fourth-order valence-electron chi connectivity index (χ4n) is 2.01. The SMILES string of the molecule is O=C(O)c1nc(-c2ccc(Br)cc2)nc2c(Cl)cccc12. The summed E-state index contributed by atoms with van der Waals surface area (Å²) in [6.07, 6.45) is 0. The third kappa shape index (κ3) is 2.62. The molecule has 6 heteroatoms. The van der Waals surface area contributed by atoms with Gasteiger partial charge >= 0.3 is 5.97 Å². The highest BCUT2D eigenvalue weighted by Crippen LogP contribution is 2.27. The van der Waals surface area contributed by atoms with Crippen molar-refractivity contribution in [1.29, 1.82) is 0 Å². The zero-order chi connectivity index (χ0) is 15.0. The lowest BCUT2D eigenvalue weighted by Gasteiger charge is -2.07. The molecule has 0 bridgehead atoms. The zero-order valence-electron chi connectivity index (χ0n) is 10.5. The van der Waals surface area contributed by atoms with Gasteiger partial charge in [0.2, 0.25) is 0 Å². The van der Waals surface area contributed by atoms with E-state index in [1.807, 2.05) is 24.3 Å². The van der Waals surface area contributed by atoms with Gasteiger partial charge in [0.05, 0.1) is 10.5 Å². The van der Waals surface area contributed by atoms with E-state index >= 15 is 0 Å². The molecule has 0 saturated carbocycles. The Morgan fingerprint density at radius 2 is 1.81 bits per heavy atom. The summed E-state index contributed by atoms with van der Waals surface area (Å²) in [4.78, 5) is 20.0. The molecule has 1 aromatic heterocycles. The molecule has 4 nitrogen and oxygen atoms in total. The molecule has 0 fully saturated rings. The second kappa shape index (κ2) is 5.42. The zero-order valence-corrected chi connectivity index (χ0v) is 12.9. The standard InChI is InChI=1S/C15H8BrClN2O2/c16-9-6-4-8(5-7-9)14-18-12-10(2-1-3-11(12)17)13(19-14)15(20)21/h1-7H,(H,20,21). The number of benzene rings is 2. The summed E-state index contributed by atoms with van der Waals surface area (Å²) < 4.78 is 0.920. The molecule has 1 heterocycles. The van der Waals surface area contributed by atoms with Crippen LogP contribution in [0.1, 0.15) is 10.5 Å². The number of fused-ring (bicyclic) bond motifs is 1. The van der Waals surface area contributed by atoms with Gasteiger partial charge in [-0.05, 0) is 18.2 Å². The maximum Gasteiger partial charge on any atom is 0.355 e. The Bertz CT molecular complexity index is 850. The highest BCUT2D eigenvalue weighted by Gasteiger charge is 2.16. The van der Waals surface area contributed by atoms with Crippen molar-refractivity contribution < 1.29 is 9.90 Å². The van der Waals surface area contributed by atoms with E-state index in [9.17, 15) is 9.90 Å². The van der Waals surface area contributed by atoms with Gasteiger partial charge in [0.15, 0.2) is 11.5 Å². The Balaban J connectivity index is 2.32. The number of aromatic carboxylic acids is 1. The van der Waals surface area contributed by atoms with Gasteiger partial charge in [-0.2, -0.15) is 0 Å². The fraction of sp³-hybridized carbons (Fsp3) is 0. The van der Waals surface area contributed by atoms with Crippen LogP contribution in [0.2, 0.25) is 5.02 Å². The van der Waals surface area contributed by atoms with E-state index in [-0.39, 0.29) is 5.69 Å². The minimum absolute atomic E-state index is 0.0552. The van der Waals surface area contributed by atoms with E-state index in [2.05, 4.69) is 25.9 Å². The first-order chi connectivity index (χ1) is 10.1. The van der Waals surface area contributed by atoms with Crippen LogP contribution in [-0.2, 0) is 0 Å². The van der Waals surface area contributed by atoms with Crippen molar-refractivity contribution in [1.82, 2.24) is 9.97 Å². The van der Waals surface area contributed by atoms with Crippen LogP contribution in [-0.4, -0.2) is 21.0 Å². The van der Waals surface area contributed by atoms with Gasteiger partial charge in [-0.1, -0.05) is 51.8 Å². The van der Waals surface area contributed by atoms with Gasteiger partial charge in [0, 0.05) is 15.4 Å². The van der Waals surface area contributed by atoms with Gasteiger partial charge in [0.1, 0.15) is 0 Å². The predicted molar refractivity (Wildman–Crippen MR) is 84.6 cm³/mol. The van der Waals surface area contributed by atoms with Gasteiger partial charge in [-0.3, -0.25) is 0 Å². The lowest BCUT2D eigenvalue weighted by atomic mass is 10.1. The quantitative estimate of drug-likeness (QED) is 0.732. The molecule has 0 saturated heterocycles. The molecule has 21 heavy (non-hydrogen) atoms. The van der Waals surface area contributed by atoms with Crippen molar-refractivity contribution in [2.75, 3.05) is 0 Å². The molecule has 0 spiro atoms. The Kier molecular flexibility index (Phi) is 3.61. The van der Waals surface area contributed by atoms with Crippen molar-refractivity contribution in [2.45, 2.75) is 0 Å². The third-order valence-electron chi connectivity index (χ3n) is 2.98. The second-order valence-electron chi connectivity index (χ2n) is 4.34. The van der Waals surface area contributed by atoms with Crippen molar-refractivity contribution in [3.8, 4) is 11.4 Å². The maximum atomic E-state index is 11.4. The van der Waals surface area contributed by atoms with E-state index in [1.165, 1.54) is 0 Å². The Morgan fingerprint density at radius 3 is 2.48 bits per heavy atom. The van der Waals surface area contributed by atoms with Crippen LogP contribution in [0, 0.1) is 0 Å². The van der Waals surface area contributed by atoms with Crippen molar-refractivity contribution in [3.63, 3.8) is 0 Å². The number of aromatic nitrogens is 2. The number of rotatable bonds is 2. The van der Waals surface area contributed by atoms with Crippen molar-refractivity contribution in [2.24, 2.45) is 0 Å². The van der Waals surface area contributed by atoms with E-state index in [0.717, 1.165) is 10.0 Å². The maximum absolute atomic E-state index is 11.4. The van der Waals surface area contributed by atoms with E-state index in [0.29, 0.717) is 21.7 Å². The van der Waals surface area contributed by atoms with E-state index in [1.54, 1.807) is 18.2 Å². The number of carbonyl (C=O) groups is 1. The molecule has 104 valence electrons. The minimum atomic E-state index is -1.11. The highest BCUT2D eigenvalue weighted by atomic mass is 79.9. The van der Waals surface area contributed by atoms with Gasteiger partial charge < -0.3 is 5.11 Å². The Labute approximate surface area is 133 Å². The molecular weight excluding hydrogens is 356 g/mol. The molecule has 2 aromatic carbocycles. The number of nitrogens with zero attached hydrogens (tertiary/aromatic N) is 2. The molecule has 0 radical (unpaired) electrons. The fourth-order valence-corrected chi connectivity index (χ4v) is 2.49. The molecule has 0 aliphatic rings. The van der Waals surface area contributed by atoms with Crippen molar-refractivity contribution >= 4 is 44.4 Å². The summed E-state index contributed by atoms with van der Waals surface area (Å²) in [5, 5.41) is 10.2. The number of halogens is 2. The Hall–Kier alpha value is -1.98. The smallest absolute Gasteiger partial charge is 0.355 e. The van der Waals surface area contributed by atoms with Crippen LogP contribution in [0.25, 0.3) is 22.3 Å². The average molecular weight is 364 g/mol. The van der Waals surface area contributed by atoms with Gasteiger partial charge in [-0.25, -0.2) is 14.8 Å². The molecule has 3 aromatic rings. The van der Waals surface area contributed by atoms with Crippen molar-refractivity contribution in [3.05, 3.63) is 57.7 Å². The molecule has 0 atom stereocenters. The van der Waals surface area contributed by atoms with Crippen LogP contribution in [0.5, 0.6) is 0 Å². The molecule has 0 aliphatic heterocycles. The topological polar surface area (TPSA) is 63.1 Å². The second-order valence-corrected chi connectivity index (χ2v) is 5.67. The molecule has 0 aliphatic carbocycles. The average Bonchev–Trinajstić information content (AvgIpc) is 2.47. The minimum Gasteiger partial charge on any atom is -0.476 e. The summed E-state index contributed by atoms with van der Waals surface area (Å²) in [5.74, 6) is -0.775. The monoisotopic (exact) mass is 362 g/mol. The number of para-hydroxylation sites is 1. The first kappa shape index (κ1) is 14.0. The van der Waals surface area contributed by atoms with Crippen LogP contribution >= 0.6 is 27.5 Å². The highest BCUT2D eigenvalue weighted by molar-refractivity contribution is 9.10. The van der Waals surface area contributed by atoms with Gasteiger partial charge in [-0.15, -0.1) is 0 Å². The molecular formula is C15H8BrClN2O2. The summed E-state index contributed by atoms with van der Waals surface area (Å²) in [6, 6.07) is 12.3. The van der Waals surface area contributed by atoms with Crippen LogP contribution in [0.3, 0.4) is 0 Å². The van der Waals surface area contributed by atoms with Crippen LogP contribution in [0.4, 0.5) is 0 Å². The lowest BCUT2D eigenvalue weighted by Crippen LogP contribution is -2.05. The third-order valence-corrected chi connectivity index (χ3v) is 3.82. The molecule has 0 unspecified atom stereocenters. The number of carboxylic acid groups (broad SMARTS) is 1. The summed E-state index contributed by atoms with van der Waals surface area (Å²) in [5.41, 5.74) is 1.10. The van der Waals surface area contributed by atoms with E-state index in [4.69, 9.17) is 11.6 Å². The van der Waals surface area contributed by atoms with Crippen LogP contribution < -0.4 is 0 Å². The summed E-state index contributed by atoms with van der Waals surface area (Å²) >= 11 is 9.48. The van der Waals surface area contributed by atoms with Crippen LogP contribution in [0.15, 0.2) is 46.9 Å². The molecule has 3 rings (SSSR count). The summed E-state index contributed by atoms with van der Waals surface area (Å²) in [6.45, 7) is 0. The summed E-state index contributed by atoms with van der Waals surface area (Å²) in [7, 11) is 0. The lowest BCUT2D eigenvalue weighted by molar-refractivity contribution is 0.0693. The molecule has 1 N–H and O–H groups in total. The first-order valence-electron chi connectivity index (χ1n) is 6.02. The Morgan fingerprint density at radius 1 is 1.10 bits per heavy atom. The largest absolute Gasteiger partial charge is 0.476 e.